The van der Waals surface area contributed by atoms with Gasteiger partial charge in [-0.25, -0.2) is 14.8 Å². The van der Waals surface area contributed by atoms with Crippen LogP contribution in [0.15, 0.2) is 42.7 Å². The molecule has 7 heteroatoms. The summed E-state index contributed by atoms with van der Waals surface area (Å²) in [4.78, 5) is 25.0. The van der Waals surface area contributed by atoms with Gasteiger partial charge in [0.15, 0.2) is 0 Å². The van der Waals surface area contributed by atoms with Crippen molar-refractivity contribution < 1.29 is 9.53 Å². The van der Waals surface area contributed by atoms with Crippen molar-refractivity contribution in [1.29, 1.82) is 0 Å². The standard InChI is InChI=1S/C18H23N5O2/c1-2-25-17-15(6-5-9-20-17)14-21-18(24)23-12-10-22(11-13-23)16-7-3-4-8-19-16/h3-9H,2,10-14H2,1H3,(H,21,24). The highest BCUT2D eigenvalue weighted by Crippen LogP contribution is 2.15. The minimum absolute atomic E-state index is 0.0630. The Kier molecular flexibility index (Phi) is 5.66. The first-order valence-corrected chi connectivity index (χ1v) is 8.53. The summed E-state index contributed by atoms with van der Waals surface area (Å²) in [5.74, 6) is 1.53. The quantitative estimate of drug-likeness (QED) is 0.899. The van der Waals surface area contributed by atoms with E-state index in [1.165, 1.54) is 0 Å². The fourth-order valence-electron chi connectivity index (χ4n) is 2.79. The normalized spacial score (nSPS) is 14.3. The number of pyridine rings is 2. The number of nitrogens with zero attached hydrogens (tertiary/aromatic N) is 4. The van der Waals surface area contributed by atoms with Crippen LogP contribution in [0.2, 0.25) is 0 Å². The summed E-state index contributed by atoms with van der Waals surface area (Å²) in [6, 6.07) is 9.57. The first kappa shape index (κ1) is 17.0. The van der Waals surface area contributed by atoms with Crippen LogP contribution in [0.3, 0.4) is 0 Å². The molecule has 0 aromatic carbocycles. The molecule has 0 spiro atoms. The van der Waals surface area contributed by atoms with E-state index in [0.717, 1.165) is 24.5 Å². The Morgan fingerprint density at radius 2 is 1.92 bits per heavy atom. The van der Waals surface area contributed by atoms with Crippen LogP contribution in [-0.2, 0) is 6.54 Å². The maximum Gasteiger partial charge on any atom is 0.317 e. The summed E-state index contributed by atoms with van der Waals surface area (Å²) in [5.41, 5.74) is 0.879. The van der Waals surface area contributed by atoms with Crippen molar-refractivity contribution in [3.05, 3.63) is 48.3 Å². The number of anilines is 1. The second-order valence-electron chi connectivity index (χ2n) is 5.72. The van der Waals surface area contributed by atoms with Crippen molar-refractivity contribution in [2.45, 2.75) is 13.5 Å². The first-order chi connectivity index (χ1) is 12.3. The fourth-order valence-corrected chi connectivity index (χ4v) is 2.79. The Morgan fingerprint density at radius 3 is 2.64 bits per heavy atom. The molecular weight excluding hydrogens is 318 g/mol. The molecule has 7 nitrogen and oxygen atoms in total. The maximum absolute atomic E-state index is 12.4. The van der Waals surface area contributed by atoms with Gasteiger partial charge >= 0.3 is 6.03 Å². The highest BCUT2D eigenvalue weighted by Gasteiger charge is 2.21. The largest absolute Gasteiger partial charge is 0.478 e. The molecule has 3 rings (SSSR count). The number of piperazine rings is 1. The molecule has 0 bridgehead atoms. The van der Waals surface area contributed by atoms with Crippen LogP contribution in [0.1, 0.15) is 12.5 Å². The molecule has 1 aliphatic rings. The molecule has 0 aliphatic carbocycles. The lowest BCUT2D eigenvalue weighted by Crippen LogP contribution is -2.51. The molecule has 1 fully saturated rings. The Balaban J connectivity index is 1.50. The molecule has 1 saturated heterocycles. The van der Waals surface area contributed by atoms with E-state index in [-0.39, 0.29) is 6.03 Å². The van der Waals surface area contributed by atoms with Crippen molar-refractivity contribution in [3.8, 4) is 5.88 Å². The van der Waals surface area contributed by atoms with Gasteiger partial charge in [0.1, 0.15) is 5.82 Å². The van der Waals surface area contributed by atoms with Gasteiger partial charge in [-0.05, 0) is 25.1 Å². The molecule has 0 saturated carbocycles. The third kappa shape index (κ3) is 4.37. The number of carbonyl (C=O) groups excluding carboxylic acids is 1. The lowest BCUT2D eigenvalue weighted by molar-refractivity contribution is 0.193. The number of urea groups is 1. The highest BCUT2D eigenvalue weighted by atomic mass is 16.5. The summed E-state index contributed by atoms with van der Waals surface area (Å²) < 4.78 is 5.49. The summed E-state index contributed by atoms with van der Waals surface area (Å²) in [6.07, 6.45) is 3.48. The zero-order chi connectivity index (χ0) is 17.5. The van der Waals surface area contributed by atoms with E-state index in [2.05, 4.69) is 20.2 Å². The van der Waals surface area contributed by atoms with Gasteiger partial charge in [0.2, 0.25) is 5.88 Å². The maximum atomic E-state index is 12.4. The summed E-state index contributed by atoms with van der Waals surface area (Å²) >= 11 is 0. The van der Waals surface area contributed by atoms with Gasteiger partial charge in [-0.15, -0.1) is 0 Å². The molecule has 0 unspecified atom stereocenters. The highest BCUT2D eigenvalue weighted by molar-refractivity contribution is 5.74. The molecule has 1 aliphatic heterocycles. The molecule has 2 aromatic rings. The number of amides is 2. The van der Waals surface area contributed by atoms with Gasteiger partial charge in [0.25, 0.3) is 0 Å². The molecule has 132 valence electrons. The smallest absolute Gasteiger partial charge is 0.317 e. The minimum Gasteiger partial charge on any atom is -0.478 e. The molecule has 3 heterocycles. The van der Waals surface area contributed by atoms with E-state index in [1.807, 2.05) is 42.2 Å². The van der Waals surface area contributed by atoms with Crippen molar-refractivity contribution in [2.24, 2.45) is 0 Å². The number of carbonyl (C=O) groups is 1. The SMILES string of the molecule is CCOc1ncccc1CNC(=O)N1CCN(c2ccccn2)CC1. The van der Waals surface area contributed by atoms with Gasteiger partial charge < -0.3 is 19.9 Å². The Hall–Kier alpha value is -2.83. The summed E-state index contributed by atoms with van der Waals surface area (Å²) in [6.45, 7) is 5.78. The first-order valence-electron chi connectivity index (χ1n) is 8.53. The topological polar surface area (TPSA) is 70.6 Å². The Morgan fingerprint density at radius 1 is 1.12 bits per heavy atom. The number of nitrogens with one attached hydrogen (secondary N) is 1. The number of aromatic nitrogens is 2. The average molecular weight is 341 g/mol. The molecule has 0 atom stereocenters. The zero-order valence-corrected chi connectivity index (χ0v) is 14.4. The Bertz CT molecular complexity index is 687. The van der Waals surface area contributed by atoms with Gasteiger partial charge in [-0.1, -0.05) is 12.1 Å². The molecular formula is C18H23N5O2. The number of hydrogen-bond acceptors (Lipinski definition) is 5. The molecule has 2 aromatic heterocycles. The predicted molar refractivity (Wildman–Crippen MR) is 95.7 cm³/mol. The number of hydrogen-bond donors (Lipinski definition) is 1. The lowest BCUT2D eigenvalue weighted by Gasteiger charge is -2.35. The third-order valence-electron chi connectivity index (χ3n) is 4.10. The van der Waals surface area contributed by atoms with Crippen LogP contribution in [0.4, 0.5) is 10.6 Å². The minimum atomic E-state index is -0.0630. The summed E-state index contributed by atoms with van der Waals surface area (Å²) in [7, 11) is 0. The van der Waals surface area contributed by atoms with Crippen LogP contribution < -0.4 is 15.0 Å². The van der Waals surface area contributed by atoms with Gasteiger partial charge in [-0.2, -0.15) is 0 Å². The Labute approximate surface area is 147 Å². The van der Waals surface area contributed by atoms with Crippen LogP contribution in [0, 0.1) is 0 Å². The van der Waals surface area contributed by atoms with Crippen molar-refractivity contribution in [2.75, 3.05) is 37.7 Å². The second kappa shape index (κ2) is 8.32. The van der Waals surface area contributed by atoms with E-state index in [1.54, 1.807) is 12.4 Å². The van der Waals surface area contributed by atoms with E-state index in [0.29, 0.717) is 32.1 Å². The number of ether oxygens (including phenoxy) is 1. The van der Waals surface area contributed by atoms with Crippen LogP contribution in [0.25, 0.3) is 0 Å². The zero-order valence-electron chi connectivity index (χ0n) is 14.4. The van der Waals surface area contributed by atoms with Gasteiger partial charge in [-0.3, -0.25) is 0 Å². The second-order valence-corrected chi connectivity index (χ2v) is 5.72. The van der Waals surface area contributed by atoms with E-state index in [9.17, 15) is 4.79 Å². The third-order valence-corrected chi connectivity index (χ3v) is 4.10. The monoisotopic (exact) mass is 341 g/mol. The molecule has 2 amide bonds. The average Bonchev–Trinajstić information content (AvgIpc) is 2.68. The predicted octanol–water partition coefficient (Wildman–Crippen LogP) is 1.91. The molecule has 1 N–H and O–H groups in total. The van der Waals surface area contributed by atoms with Gasteiger partial charge in [0.05, 0.1) is 6.61 Å². The van der Waals surface area contributed by atoms with E-state index < -0.39 is 0 Å². The number of rotatable bonds is 5. The van der Waals surface area contributed by atoms with Gasteiger partial charge in [0, 0.05) is 50.7 Å². The van der Waals surface area contributed by atoms with Crippen molar-refractivity contribution in [1.82, 2.24) is 20.2 Å². The van der Waals surface area contributed by atoms with Crippen LogP contribution in [0.5, 0.6) is 5.88 Å². The van der Waals surface area contributed by atoms with E-state index >= 15 is 0 Å². The molecule has 0 radical (unpaired) electrons. The molecule has 25 heavy (non-hydrogen) atoms. The van der Waals surface area contributed by atoms with Crippen LogP contribution in [-0.4, -0.2) is 53.7 Å². The van der Waals surface area contributed by atoms with E-state index in [4.69, 9.17) is 4.74 Å². The summed E-state index contributed by atoms with van der Waals surface area (Å²) in [5, 5.41) is 2.95. The van der Waals surface area contributed by atoms with Crippen LogP contribution >= 0.6 is 0 Å². The van der Waals surface area contributed by atoms with Crippen molar-refractivity contribution in [3.63, 3.8) is 0 Å². The van der Waals surface area contributed by atoms with Crippen molar-refractivity contribution >= 4 is 11.8 Å². The lowest BCUT2D eigenvalue weighted by atomic mass is 10.2. The fraction of sp³-hybridized carbons (Fsp3) is 0.389.